The van der Waals surface area contributed by atoms with Gasteiger partial charge in [0.05, 0.1) is 10.2 Å². The number of nitrogens with one attached hydrogen (secondary N) is 1. The predicted octanol–water partition coefficient (Wildman–Crippen LogP) is 7.54. The second-order valence-corrected chi connectivity index (χ2v) is 9.70. The van der Waals surface area contributed by atoms with Crippen molar-refractivity contribution in [1.29, 1.82) is 5.26 Å². The number of amides is 1. The summed E-state index contributed by atoms with van der Waals surface area (Å²) in [5, 5.41) is 12.9. The van der Waals surface area contributed by atoms with Gasteiger partial charge in [0.1, 0.15) is 18.2 Å². The number of nitriles is 1. The third-order valence-corrected chi connectivity index (χ3v) is 6.56. The Labute approximate surface area is 226 Å². The van der Waals surface area contributed by atoms with Crippen LogP contribution in [0.5, 0.6) is 11.5 Å². The Bertz CT molecular complexity index is 1270. The molecule has 1 amide bonds. The van der Waals surface area contributed by atoms with Crippen molar-refractivity contribution >= 4 is 67.8 Å². The first-order valence-corrected chi connectivity index (χ1v) is 12.6. The topological polar surface area (TPSA) is 71.3 Å². The number of anilines is 1. The van der Waals surface area contributed by atoms with Gasteiger partial charge in [0, 0.05) is 15.2 Å². The molecule has 0 heterocycles. The highest BCUT2D eigenvalue weighted by Gasteiger charge is 2.15. The quantitative estimate of drug-likeness (QED) is 0.155. The fraction of sp³-hybridized carbons (Fsp3) is 0.154. The van der Waals surface area contributed by atoms with E-state index in [9.17, 15) is 10.1 Å². The molecule has 0 aromatic heterocycles. The Hall–Kier alpha value is -2.54. The van der Waals surface area contributed by atoms with Gasteiger partial charge in [-0.2, -0.15) is 5.26 Å². The average molecular weight is 652 g/mol. The summed E-state index contributed by atoms with van der Waals surface area (Å²) in [5.41, 5.74) is 2.92. The number of hydrogen-bond donors (Lipinski definition) is 1. The largest absolute Gasteiger partial charge is 0.490 e. The molecule has 0 aliphatic carbocycles. The Morgan fingerprint density at radius 3 is 2.62 bits per heavy atom. The van der Waals surface area contributed by atoms with Crippen molar-refractivity contribution in [1.82, 2.24) is 0 Å². The summed E-state index contributed by atoms with van der Waals surface area (Å²) in [6, 6.07) is 18.7. The van der Waals surface area contributed by atoms with Gasteiger partial charge in [-0.1, -0.05) is 45.7 Å². The van der Waals surface area contributed by atoms with E-state index in [1.165, 1.54) is 6.08 Å². The molecule has 5 nitrogen and oxygen atoms in total. The summed E-state index contributed by atoms with van der Waals surface area (Å²) in [7, 11) is 0. The van der Waals surface area contributed by atoms with E-state index in [4.69, 9.17) is 21.1 Å². The van der Waals surface area contributed by atoms with Gasteiger partial charge in [0.15, 0.2) is 11.5 Å². The number of halogens is 3. The van der Waals surface area contributed by atoms with Crippen molar-refractivity contribution in [3.05, 3.63) is 89.9 Å². The maximum absolute atomic E-state index is 12.8. The van der Waals surface area contributed by atoms with Crippen LogP contribution in [0.25, 0.3) is 6.08 Å². The number of carbonyl (C=O) groups is 1. The lowest BCUT2D eigenvalue weighted by atomic mass is 10.1. The highest BCUT2D eigenvalue weighted by molar-refractivity contribution is 14.1. The number of nitrogens with zero attached hydrogens (tertiary/aromatic N) is 1. The first-order valence-electron chi connectivity index (χ1n) is 10.3. The molecule has 0 saturated heterocycles. The van der Waals surface area contributed by atoms with Gasteiger partial charge >= 0.3 is 0 Å². The molecule has 3 aromatic rings. The van der Waals surface area contributed by atoms with Gasteiger partial charge < -0.3 is 14.8 Å². The molecule has 1 N–H and O–H groups in total. The van der Waals surface area contributed by atoms with Gasteiger partial charge in [-0.25, -0.2) is 0 Å². The van der Waals surface area contributed by atoms with Crippen LogP contribution in [0.1, 0.15) is 23.6 Å². The first kappa shape index (κ1) is 26.1. The number of ether oxygens (including phenoxy) is 2. The lowest BCUT2D eigenvalue weighted by molar-refractivity contribution is -0.112. The summed E-state index contributed by atoms with van der Waals surface area (Å²) < 4.78 is 13.7. The third-order valence-electron chi connectivity index (χ3n) is 4.82. The Kier molecular flexibility index (Phi) is 9.39. The minimum absolute atomic E-state index is 0.0406. The van der Waals surface area contributed by atoms with E-state index >= 15 is 0 Å². The van der Waals surface area contributed by atoms with E-state index < -0.39 is 5.91 Å². The molecule has 3 rings (SSSR count). The van der Waals surface area contributed by atoms with E-state index in [0.29, 0.717) is 41.0 Å². The molecule has 0 unspecified atom stereocenters. The molecular formula is C26H21BrClIN2O3. The van der Waals surface area contributed by atoms with Gasteiger partial charge in [-0.3, -0.25) is 4.79 Å². The summed E-state index contributed by atoms with van der Waals surface area (Å²) in [5.74, 6) is 0.637. The normalized spacial score (nSPS) is 11.0. The second-order valence-electron chi connectivity index (χ2n) is 7.21. The zero-order valence-electron chi connectivity index (χ0n) is 18.5. The molecule has 0 atom stereocenters. The number of benzene rings is 3. The van der Waals surface area contributed by atoms with E-state index in [1.54, 1.807) is 31.2 Å². The predicted molar refractivity (Wildman–Crippen MR) is 147 cm³/mol. The van der Waals surface area contributed by atoms with Crippen molar-refractivity contribution in [2.45, 2.75) is 20.5 Å². The lowest BCUT2D eigenvalue weighted by Gasteiger charge is -2.15. The van der Waals surface area contributed by atoms with Crippen LogP contribution in [0.2, 0.25) is 5.02 Å². The Morgan fingerprint density at radius 1 is 1.21 bits per heavy atom. The maximum Gasteiger partial charge on any atom is 0.266 e. The van der Waals surface area contributed by atoms with Gasteiger partial charge in [0.25, 0.3) is 5.91 Å². The molecule has 0 aliphatic heterocycles. The molecule has 0 bridgehead atoms. The van der Waals surface area contributed by atoms with Crippen LogP contribution in [0.15, 0.2) is 64.6 Å². The van der Waals surface area contributed by atoms with Crippen molar-refractivity contribution in [2.24, 2.45) is 0 Å². The zero-order chi connectivity index (χ0) is 24.7. The molecule has 0 aliphatic rings. The van der Waals surface area contributed by atoms with Crippen LogP contribution in [0.3, 0.4) is 0 Å². The highest BCUT2D eigenvalue weighted by Crippen LogP contribution is 2.35. The molecule has 34 heavy (non-hydrogen) atoms. The van der Waals surface area contributed by atoms with Crippen molar-refractivity contribution in [3.8, 4) is 17.6 Å². The van der Waals surface area contributed by atoms with Crippen LogP contribution in [0, 0.1) is 21.8 Å². The fourth-order valence-corrected chi connectivity index (χ4v) is 4.28. The van der Waals surface area contributed by atoms with Gasteiger partial charge in [0.2, 0.25) is 0 Å². The number of rotatable bonds is 8. The summed E-state index contributed by atoms with van der Waals surface area (Å²) in [4.78, 5) is 12.8. The zero-order valence-corrected chi connectivity index (χ0v) is 23.0. The van der Waals surface area contributed by atoms with Gasteiger partial charge in [-0.05, 0) is 95.6 Å². The van der Waals surface area contributed by atoms with Crippen LogP contribution in [-0.2, 0) is 11.4 Å². The minimum atomic E-state index is -0.517. The van der Waals surface area contributed by atoms with E-state index in [-0.39, 0.29) is 5.57 Å². The fourth-order valence-electron chi connectivity index (χ4n) is 3.06. The molecule has 174 valence electrons. The van der Waals surface area contributed by atoms with Crippen molar-refractivity contribution < 1.29 is 14.3 Å². The van der Waals surface area contributed by atoms with Crippen molar-refractivity contribution in [3.63, 3.8) is 0 Å². The molecule has 0 spiro atoms. The number of hydrogen-bond acceptors (Lipinski definition) is 4. The molecule has 3 aromatic carbocycles. The molecular weight excluding hydrogens is 631 g/mol. The van der Waals surface area contributed by atoms with E-state index in [0.717, 1.165) is 19.2 Å². The van der Waals surface area contributed by atoms with Crippen LogP contribution in [0.4, 0.5) is 5.69 Å². The monoisotopic (exact) mass is 650 g/mol. The summed E-state index contributed by atoms with van der Waals surface area (Å²) in [6.07, 6.45) is 1.53. The summed E-state index contributed by atoms with van der Waals surface area (Å²) >= 11 is 11.7. The smallest absolute Gasteiger partial charge is 0.266 e. The van der Waals surface area contributed by atoms with Crippen LogP contribution < -0.4 is 14.8 Å². The van der Waals surface area contributed by atoms with Crippen molar-refractivity contribution in [2.75, 3.05) is 11.9 Å². The molecule has 0 saturated carbocycles. The Balaban J connectivity index is 1.86. The third kappa shape index (κ3) is 6.75. The summed E-state index contributed by atoms with van der Waals surface area (Å²) in [6.45, 7) is 4.51. The SMILES string of the molecule is CCOc1cc(/C=C(\C#N)C(=O)Nc2cccc(Cl)c2C)cc(I)c1OCc1ccc(Br)cc1. The van der Waals surface area contributed by atoms with E-state index in [2.05, 4.69) is 43.8 Å². The first-order chi connectivity index (χ1) is 16.3. The number of carbonyl (C=O) groups excluding carboxylic acids is 1. The highest BCUT2D eigenvalue weighted by atomic mass is 127. The Morgan fingerprint density at radius 2 is 1.94 bits per heavy atom. The van der Waals surface area contributed by atoms with Crippen LogP contribution >= 0.6 is 50.1 Å². The average Bonchev–Trinajstić information content (AvgIpc) is 2.81. The van der Waals surface area contributed by atoms with Gasteiger partial charge in [-0.15, -0.1) is 0 Å². The lowest BCUT2D eigenvalue weighted by Crippen LogP contribution is -2.14. The molecule has 0 radical (unpaired) electrons. The minimum Gasteiger partial charge on any atom is -0.490 e. The van der Waals surface area contributed by atoms with Crippen LogP contribution in [-0.4, -0.2) is 12.5 Å². The maximum atomic E-state index is 12.8. The molecule has 8 heteroatoms. The molecule has 0 fully saturated rings. The van der Waals surface area contributed by atoms with E-state index in [1.807, 2.05) is 43.3 Å². The second kappa shape index (κ2) is 12.2. The standard InChI is InChI=1S/C26H21BrClIN2O3/c1-3-33-24-13-18(12-22(29)25(24)34-15-17-7-9-20(27)10-8-17)11-19(14-30)26(32)31-23-6-4-5-21(28)16(23)2/h4-13H,3,15H2,1-2H3,(H,31,32)/b19-11+.